The minimum Gasteiger partial charge on any atom is -0.385 e. The summed E-state index contributed by atoms with van der Waals surface area (Å²) >= 11 is 0. The summed E-state index contributed by atoms with van der Waals surface area (Å²) in [7, 11) is 0. The quantitative estimate of drug-likeness (QED) is 0.674. The van der Waals surface area contributed by atoms with Crippen LogP contribution in [0.2, 0.25) is 0 Å². The predicted octanol–water partition coefficient (Wildman–Crippen LogP) is 2.63. The summed E-state index contributed by atoms with van der Waals surface area (Å²) in [4.78, 5) is 0. The first-order valence-electron chi connectivity index (χ1n) is 4.45. The molecule has 66 valence electrons. The molecule has 1 aliphatic carbocycles. The Morgan fingerprint density at radius 1 is 1.75 bits per heavy atom. The standard InChI is InChI=1S/C11H17N/c1-9(2)12-8-11-6-4-10(3)5-7-11/h4,6-7,10,12H,1,5,8H2,2-3H3. The van der Waals surface area contributed by atoms with Crippen LogP contribution in [0.5, 0.6) is 0 Å². The lowest BCUT2D eigenvalue weighted by Crippen LogP contribution is -2.14. The van der Waals surface area contributed by atoms with Gasteiger partial charge in [-0.2, -0.15) is 0 Å². The van der Waals surface area contributed by atoms with Gasteiger partial charge in [0.1, 0.15) is 0 Å². The highest BCUT2D eigenvalue weighted by atomic mass is 14.9. The van der Waals surface area contributed by atoms with E-state index < -0.39 is 0 Å². The van der Waals surface area contributed by atoms with Crippen molar-refractivity contribution in [2.45, 2.75) is 20.3 Å². The molecule has 0 heterocycles. The van der Waals surface area contributed by atoms with E-state index >= 15 is 0 Å². The first-order chi connectivity index (χ1) is 5.68. The summed E-state index contributed by atoms with van der Waals surface area (Å²) in [5.74, 6) is 0.707. The maximum atomic E-state index is 3.79. The minimum atomic E-state index is 0.707. The average Bonchev–Trinajstić information content (AvgIpc) is 2.03. The van der Waals surface area contributed by atoms with Crippen molar-refractivity contribution in [3.8, 4) is 0 Å². The van der Waals surface area contributed by atoms with Crippen LogP contribution in [0.1, 0.15) is 20.3 Å². The van der Waals surface area contributed by atoms with Crippen molar-refractivity contribution < 1.29 is 0 Å². The first kappa shape index (κ1) is 9.11. The molecule has 12 heavy (non-hydrogen) atoms. The van der Waals surface area contributed by atoms with Crippen LogP contribution in [0.3, 0.4) is 0 Å². The number of rotatable bonds is 3. The third-order valence-electron chi connectivity index (χ3n) is 1.98. The molecular weight excluding hydrogens is 146 g/mol. The van der Waals surface area contributed by atoms with Crippen LogP contribution in [0.15, 0.2) is 36.1 Å². The van der Waals surface area contributed by atoms with Crippen molar-refractivity contribution in [3.63, 3.8) is 0 Å². The van der Waals surface area contributed by atoms with Crippen LogP contribution in [0.4, 0.5) is 0 Å². The second-order valence-corrected chi connectivity index (χ2v) is 3.49. The van der Waals surface area contributed by atoms with E-state index in [1.807, 2.05) is 6.92 Å². The molecule has 1 aliphatic rings. The maximum absolute atomic E-state index is 3.79. The van der Waals surface area contributed by atoms with Gasteiger partial charge in [0.05, 0.1) is 0 Å². The van der Waals surface area contributed by atoms with E-state index in [1.54, 1.807) is 0 Å². The van der Waals surface area contributed by atoms with Crippen molar-refractivity contribution in [2.75, 3.05) is 6.54 Å². The zero-order valence-electron chi connectivity index (χ0n) is 7.93. The number of hydrogen-bond acceptors (Lipinski definition) is 1. The molecule has 0 saturated heterocycles. The predicted molar refractivity (Wildman–Crippen MR) is 53.8 cm³/mol. The molecule has 1 unspecified atom stereocenters. The van der Waals surface area contributed by atoms with Gasteiger partial charge in [-0.25, -0.2) is 0 Å². The number of nitrogens with one attached hydrogen (secondary N) is 1. The monoisotopic (exact) mass is 163 g/mol. The highest BCUT2D eigenvalue weighted by Crippen LogP contribution is 2.14. The van der Waals surface area contributed by atoms with Crippen LogP contribution >= 0.6 is 0 Å². The van der Waals surface area contributed by atoms with Gasteiger partial charge in [-0.05, 0) is 24.8 Å². The van der Waals surface area contributed by atoms with E-state index in [-0.39, 0.29) is 0 Å². The van der Waals surface area contributed by atoms with E-state index in [0.29, 0.717) is 5.92 Å². The Morgan fingerprint density at radius 3 is 3.00 bits per heavy atom. The summed E-state index contributed by atoms with van der Waals surface area (Å²) in [6.45, 7) is 8.92. The van der Waals surface area contributed by atoms with E-state index in [0.717, 1.165) is 12.2 Å². The summed E-state index contributed by atoms with van der Waals surface area (Å²) in [6.07, 6.45) is 7.92. The molecule has 0 fully saturated rings. The summed E-state index contributed by atoms with van der Waals surface area (Å²) in [5.41, 5.74) is 2.40. The van der Waals surface area contributed by atoms with Gasteiger partial charge in [-0.1, -0.05) is 31.7 Å². The van der Waals surface area contributed by atoms with Crippen molar-refractivity contribution in [3.05, 3.63) is 36.1 Å². The molecule has 1 atom stereocenters. The third kappa shape index (κ3) is 2.95. The molecule has 0 aromatic carbocycles. The summed E-state index contributed by atoms with van der Waals surface area (Å²) < 4.78 is 0. The Hall–Kier alpha value is -0.980. The molecule has 1 heteroatoms. The molecule has 0 aliphatic heterocycles. The first-order valence-corrected chi connectivity index (χ1v) is 4.45. The van der Waals surface area contributed by atoms with Crippen molar-refractivity contribution >= 4 is 0 Å². The molecule has 0 amide bonds. The van der Waals surface area contributed by atoms with Gasteiger partial charge in [0, 0.05) is 12.2 Å². The van der Waals surface area contributed by atoms with Crippen molar-refractivity contribution in [1.29, 1.82) is 0 Å². The lowest BCUT2D eigenvalue weighted by Gasteiger charge is -2.12. The Bertz CT molecular complexity index is 223. The zero-order chi connectivity index (χ0) is 8.97. The minimum absolute atomic E-state index is 0.707. The average molecular weight is 163 g/mol. The van der Waals surface area contributed by atoms with Gasteiger partial charge in [-0.3, -0.25) is 0 Å². The number of allylic oxidation sites excluding steroid dienone is 3. The van der Waals surface area contributed by atoms with E-state index in [1.165, 1.54) is 12.0 Å². The zero-order valence-corrected chi connectivity index (χ0v) is 7.93. The fourth-order valence-electron chi connectivity index (χ4n) is 1.16. The van der Waals surface area contributed by atoms with E-state index in [9.17, 15) is 0 Å². The fraction of sp³-hybridized carbons (Fsp3) is 0.455. The lowest BCUT2D eigenvalue weighted by atomic mass is 9.98. The maximum Gasteiger partial charge on any atom is 0.0394 e. The van der Waals surface area contributed by atoms with Crippen LogP contribution in [0, 0.1) is 5.92 Å². The van der Waals surface area contributed by atoms with Gasteiger partial charge in [-0.15, -0.1) is 0 Å². The van der Waals surface area contributed by atoms with Crippen LogP contribution < -0.4 is 5.32 Å². The second kappa shape index (κ2) is 4.15. The van der Waals surface area contributed by atoms with Crippen molar-refractivity contribution in [2.24, 2.45) is 5.92 Å². The molecule has 1 N–H and O–H groups in total. The summed E-state index contributed by atoms with van der Waals surface area (Å²) in [5, 5.41) is 3.22. The molecule has 0 radical (unpaired) electrons. The van der Waals surface area contributed by atoms with Crippen LogP contribution in [-0.2, 0) is 0 Å². The number of hydrogen-bond donors (Lipinski definition) is 1. The highest BCUT2D eigenvalue weighted by molar-refractivity contribution is 5.25. The Labute approximate surface area is 74.9 Å². The fourth-order valence-corrected chi connectivity index (χ4v) is 1.16. The Balaban J connectivity index is 2.35. The molecule has 0 spiro atoms. The normalized spacial score (nSPS) is 21.8. The second-order valence-electron chi connectivity index (χ2n) is 3.49. The molecule has 0 saturated carbocycles. The topological polar surface area (TPSA) is 12.0 Å². The molecule has 0 aromatic heterocycles. The van der Waals surface area contributed by atoms with Crippen molar-refractivity contribution in [1.82, 2.24) is 5.32 Å². The lowest BCUT2D eigenvalue weighted by molar-refractivity contribution is 0.723. The Kier molecular flexibility index (Phi) is 3.15. The molecule has 0 bridgehead atoms. The summed E-state index contributed by atoms with van der Waals surface area (Å²) in [6, 6.07) is 0. The smallest absolute Gasteiger partial charge is 0.0394 e. The van der Waals surface area contributed by atoms with Gasteiger partial charge >= 0.3 is 0 Å². The van der Waals surface area contributed by atoms with Gasteiger partial charge in [0.15, 0.2) is 0 Å². The molecule has 0 aromatic rings. The van der Waals surface area contributed by atoms with Gasteiger partial charge in [0.2, 0.25) is 0 Å². The Morgan fingerprint density at radius 2 is 2.50 bits per heavy atom. The molecular formula is C11H17N. The molecule has 1 nitrogen and oxygen atoms in total. The van der Waals surface area contributed by atoms with Crippen LogP contribution in [0.25, 0.3) is 0 Å². The van der Waals surface area contributed by atoms with Gasteiger partial charge < -0.3 is 5.32 Å². The SMILES string of the molecule is C=C(C)NCC1=CCC(C)C=C1. The van der Waals surface area contributed by atoms with Crippen LogP contribution in [-0.4, -0.2) is 6.54 Å². The highest BCUT2D eigenvalue weighted by Gasteiger charge is 2.02. The van der Waals surface area contributed by atoms with E-state index in [4.69, 9.17) is 0 Å². The largest absolute Gasteiger partial charge is 0.385 e. The molecule has 1 rings (SSSR count). The van der Waals surface area contributed by atoms with E-state index in [2.05, 4.69) is 37.0 Å². The third-order valence-corrected chi connectivity index (χ3v) is 1.98. The van der Waals surface area contributed by atoms with Gasteiger partial charge in [0.25, 0.3) is 0 Å².